The van der Waals surface area contributed by atoms with Crippen molar-refractivity contribution >= 4 is 28.0 Å². The first kappa shape index (κ1) is 16.1. The molecule has 0 aliphatic heterocycles. The monoisotopic (exact) mass is 303 g/mol. The normalized spacial score (nSPS) is 11.6. The Balaban J connectivity index is 0.00000176. The van der Waals surface area contributed by atoms with E-state index in [9.17, 15) is 5.11 Å². The zero-order valence-corrected chi connectivity index (χ0v) is 13.0. The lowest BCUT2D eigenvalue weighted by atomic mass is 10.1. The Morgan fingerprint density at radius 1 is 1.23 bits per heavy atom. The summed E-state index contributed by atoms with van der Waals surface area (Å²) in [5.74, 6) is 0.484. The first-order chi connectivity index (χ1) is 9.96. The summed E-state index contributed by atoms with van der Waals surface area (Å²) in [6.45, 7) is 4.16. The number of para-hydroxylation sites is 1. The minimum Gasteiger partial charge on any atom is -0.412 e. The SMILES string of the molecule is Cn1c2ccccc2c2nnc(NCCC(C)(C)O)nc21.O. The lowest BCUT2D eigenvalue weighted by Crippen LogP contribution is -2.23. The van der Waals surface area contributed by atoms with Crippen LogP contribution in [-0.2, 0) is 7.05 Å². The maximum Gasteiger partial charge on any atom is 0.244 e. The molecule has 4 N–H and O–H groups in total. The van der Waals surface area contributed by atoms with Crippen LogP contribution in [0.3, 0.4) is 0 Å². The highest BCUT2D eigenvalue weighted by Gasteiger charge is 2.14. The number of rotatable bonds is 4. The predicted molar refractivity (Wildman–Crippen MR) is 86.8 cm³/mol. The van der Waals surface area contributed by atoms with Gasteiger partial charge in [0.05, 0.1) is 11.1 Å². The summed E-state index contributed by atoms with van der Waals surface area (Å²) in [5.41, 5.74) is 1.99. The number of nitrogens with one attached hydrogen (secondary N) is 1. The van der Waals surface area contributed by atoms with Crippen molar-refractivity contribution in [2.24, 2.45) is 7.05 Å². The summed E-state index contributed by atoms with van der Waals surface area (Å²) in [6.07, 6.45) is 0.615. The van der Waals surface area contributed by atoms with Gasteiger partial charge in [-0.2, -0.15) is 4.98 Å². The number of hydrogen-bond acceptors (Lipinski definition) is 5. The fourth-order valence-electron chi connectivity index (χ4n) is 2.36. The first-order valence-electron chi connectivity index (χ1n) is 7.00. The molecular weight excluding hydrogens is 282 g/mol. The van der Waals surface area contributed by atoms with Gasteiger partial charge in [0, 0.05) is 19.0 Å². The molecular formula is C15H21N5O2. The van der Waals surface area contributed by atoms with Crippen molar-refractivity contribution in [1.29, 1.82) is 0 Å². The average molecular weight is 303 g/mol. The van der Waals surface area contributed by atoms with Gasteiger partial charge in [-0.15, -0.1) is 10.2 Å². The Labute approximate surface area is 128 Å². The number of nitrogens with zero attached hydrogens (tertiary/aromatic N) is 4. The molecule has 118 valence electrons. The minimum absolute atomic E-state index is 0. The van der Waals surface area contributed by atoms with Gasteiger partial charge in [0.1, 0.15) is 5.52 Å². The van der Waals surface area contributed by atoms with E-state index in [-0.39, 0.29) is 5.48 Å². The molecule has 0 unspecified atom stereocenters. The van der Waals surface area contributed by atoms with E-state index in [4.69, 9.17) is 0 Å². The summed E-state index contributed by atoms with van der Waals surface area (Å²) >= 11 is 0. The zero-order chi connectivity index (χ0) is 15.0. The van der Waals surface area contributed by atoms with Crippen molar-refractivity contribution in [2.45, 2.75) is 25.9 Å². The maximum absolute atomic E-state index is 9.71. The van der Waals surface area contributed by atoms with Crippen molar-refractivity contribution in [3.63, 3.8) is 0 Å². The molecule has 3 rings (SSSR count). The number of aromatic nitrogens is 4. The molecule has 0 saturated heterocycles. The van der Waals surface area contributed by atoms with Crippen LogP contribution in [0.25, 0.3) is 22.1 Å². The molecule has 0 amide bonds. The highest BCUT2D eigenvalue weighted by atomic mass is 16.3. The molecule has 0 bridgehead atoms. The molecule has 22 heavy (non-hydrogen) atoms. The van der Waals surface area contributed by atoms with Gasteiger partial charge < -0.3 is 20.5 Å². The van der Waals surface area contributed by atoms with Crippen LogP contribution in [0.4, 0.5) is 5.95 Å². The fraction of sp³-hybridized carbons (Fsp3) is 0.400. The van der Waals surface area contributed by atoms with E-state index in [1.54, 1.807) is 13.8 Å². The van der Waals surface area contributed by atoms with E-state index >= 15 is 0 Å². The molecule has 7 nitrogen and oxygen atoms in total. The summed E-state index contributed by atoms with van der Waals surface area (Å²) in [7, 11) is 1.97. The number of fused-ring (bicyclic) bond motifs is 3. The van der Waals surface area contributed by atoms with E-state index < -0.39 is 5.60 Å². The number of aliphatic hydroxyl groups is 1. The smallest absolute Gasteiger partial charge is 0.244 e. The van der Waals surface area contributed by atoms with Crippen LogP contribution in [0.15, 0.2) is 24.3 Å². The lowest BCUT2D eigenvalue weighted by Gasteiger charge is -2.16. The van der Waals surface area contributed by atoms with Crippen LogP contribution in [0, 0.1) is 0 Å². The Kier molecular flexibility index (Phi) is 4.30. The Bertz CT molecular complexity index is 792. The second-order valence-corrected chi connectivity index (χ2v) is 5.87. The molecule has 2 heterocycles. The van der Waals surface area contributed by atoms with Crippen molar-refractivity contribution in [1.82, 2.24) is 19.7 Å². The van der Waals surface area contributed by atoms with E-state index in [1.807, 2.05) is 35.9 Å². The molecule has 3 aromatic rings. The standard InChI is InChI=1S/C15H19N5O.H2O/c1-15(2,21)8-9-16-14-17-13-12(18-19-14)10-6-4-5-7-11(10)20(13)3;/h4-7,21H,8-9H2,1-3H3,(H,16,17,19);1H2. The zero-order valence-electron chi connectivity index (χ0n) is 13.0. The Hall–Kier alpha value is -2.25. The first-order valence-corrected chi connectivity index (χ1v) is 7.00. The fourth-order valence-corrected chi connectivity index (χ4v) is 2.36. The Morgan fingerprint density at radius 3 is 2.68 bits per heavy atom. The third-order valence-corrected chi connectivity index (χ3v) is 3.53. The van der Waals surface area contributed by atoms with E-state index in [1.165, 1.54) is 0 Å². The highest BCUT2D eigenvalue weighted by Crippen LogP contribution is 2.24. The third-order valence-electron chi connectivity index (χ3n) is 3.53. The summed E-state index contributed by atoms with van der Waals surface area (Å²) in [5, 5.41) is 22.3. The molecule has 0 fully saturated rings. The van der Waals surface area contributed by atoms with Gasteiger partial charge in [-0.1, -0.05) is 18.2 Å². The average Bonchev–Trinajstić information content (AvgIpc) is 2.72. The number of hydrogen-bond donors (Lipinski definition) is 2. The van der Waals surface area contributed by atoms with E-state index in [2.05, 4.69) is 20.5 Å². The molecule has 0 aliphatic rings. The van der Waals surface area contributed by atoms with Crippen LogP contribution in [0.5, 0.6) is 0 Å². The number of benzene rings is 1. The quantitative estimate of drug-likeness (QED) is 0.754. The molecule has 0 atom stereocenters. The molecule has 0 aliphatic carbocycles. The van der Waals surface area contributed by atoms with Crippen molar-refractivity contribution in [3.8, 4) is 0 Å². The van der Waals surface area contributed by atoms with Crippen LogP contribution in [-0.4, -0.2) is 42.5 Å². The molecule has 0 radical (unpaired) electrons. The third kappa shape index (κ3) is 3.00. The van der Waals surface area contributed by atoms with Crippen LogP contribution >= 0.6 is 0 Å². The lowest BCUT2D eigenvalue weighted by molar-refractivity contribution is 0.0748. The summed E-state index contributed by atoms with van der Waals surface area (Å²) in [6, 6.07) is 8.05. The van der Waals surface area contributed by atoms with Gasteiger partial charge in [-0.3, -0.25) is 0 Å². The molecule has 0 spiro atoms. The summed E-state index contributed by atoms with van der Waals surface area (Å²) in [4.78, 5) is 4.53. The number of anilines is 1. The molecule has 0 saturated carbocycles. The van der Waals surface area contributed by atoms with Gasteiger partial charge >= 0.3 is 0 Å². The second kappa shape index (κ2) is 5.86. The highest BCUT2D eigenvalue weighted by molar-refractivity contribution is 6.04. The number of aryl methyl sites for hydroxylation is 1. The van der Waals surface area contributed by atoms with Gasteiger partial charge in [-0.25, -0.2) is 0 Å². The van der Waals surface area contributed by atoms with Crippen molar-refractivity contribution < 1.29 is 10.6 Å². The van der Waals surface area contributed by atoms with Crippen molar-refractivity contribution in [2.75, 3.05) is 11.9 Å². The topological polar surface area (TPSA) is 107 Å². The van der Waals surface area contributed by atoms with Gasteiger partial charge in [0.15, 0.2) is 5.65 Å². The predicted octanol–water partition coefficient (Wildman–Crippen LogP) is 1.26. The minimum atomic E-state index is -0.704. The van der Waals surface area contributed by atoms with Crippen LogP contribution in [0.1, 0.15) is 20.3 Å². The largest absolute Gasteiger partial charge is 0.412 e. The van der Waals surface area contributed by atoms with Crippen molar-refractivity contribution in [3.05, 3.63) is 24.3 Å². The van der Waals surface area contributed by atoms with Crippen LogP contribution < -0.4 is 5.32 Å². The van der Waals surface area contributed by atoms with Gasteiger partial charge in [0.2, 0.25) is 5.95 Å². The van der Waals surface area contributed by atoms with Crippen LogP contribution in [0.2, 0.25) is 0 Å². The Morgan fingerprint density at radius 2 is 1.95 bits per heavy atom. The maximum atomic E-state index is 9.71. The molecule has 1 aromatic carbocycles. The summed E-state index contributed by atoms with van der Waals surface area (Å²) < 4.78 is 2.01. The molecule has 7 heteroatoms. The van der Waals surface area contributed by atoms with E-state index in [0.29, 0.717) is 18.9 Å². The van der Waals surface area contributed by atoms with Gasteiger partial charge in [0.25, 0.3) is 0 Å². The van der Waals surface area contributed by atoms with Gasteiger partial charge in [-0.05, 0) is 26.3 Å². The second-order valence-electron chi connectivity index (χ2n) is 5.87. The molecule has 2 aromatic heterocycles. The van der Waals surface area contributed by atoms with E-state index in [0.717, 1.165) is 22.1 Å².